The highest BCUT2D eigenvalue weighted by atomic mass is 32.1. The van der Waals surface area contributed by atoms with E-state index in [1.807, 2.05) is 11.3 Å². The van der Waals surface area contributed by atoms with Gasteiger partial charge in [0.2, 0.25) is 0 Å². The molecular formula is C48H31NS. The number of benzene rings is 9. The van der Waals surface area contributed by atoms with Gasteiger partial charge < -0.3 is 4.90 Å². The molecular weight excluding hydrogens is 623 g/mol. The molecule has 0 unspecified atom stereocenters. The Balaban J connectivity index is 1.21. The van der Waals surface area contributed by atoms with Crippen LogP contribution in [0.25, 0.3) is 74.7 Å². The molecule has 0 aliphatic heterocycles. The lowest BCUT2D eigenvalue weighted by Crippen LogP contribution is -2.11. The fourth-order valence-corrected chi connectivity index (χ4v) is 8.91. The first-order chi connectivity index (χ1) is 24.8. The van der Waals surface area contributed by atoms with Crippen molar-refractivity contribution in [3.05, 3.63) is 188 Å². The van der Waals surface area contributed by atoms with E-state index in [9.17, 15) is 0 Å². The molecule has 1 heterocycles. The van der Waals surface area contributed by atoms with Gasteiger partial charge in [0.15, 0.2) is 0 Å². The fourth-order valence-electron chi connectivity index (χ4n) is 7.67. The fraction of sp³-hybridized carbons (Fsp3) is 0. The van der Waals surface area contributed by atoms with Crippen molar-refractivity contribution >= 4 is 80.9 Å². The van der Waals surface area contributed by atoms with Gasteiger partial charge in [0, 0.05) is 36.9 Å². The van der Waals surface area contributed by atoms with Crippen LogP contribution in [0.4, 0.5) is 17.1 Å². The van der Waals surface area contributed by atoms with Crippen LogP contribution in [0.5, 0.6) is 0 Å². The highest BCUT2D eigenvalue weighted by Gasteiger charge is 2.19. The van der Waals surface area contributed by atoms with Gasteiger partial charge in [-0.3, -0.25) is 0 Å². The summed E-state index contributed by atoms with van der Waals surface area (Å²) in [6, 6.07) is 68.7. The second-order valence-corrected chi connectivity index (χ2v) is 14.0. The molecule has 0 spiro atoms. The summed E-state index contributed by atoms with van der Waals surface area (Å²) in [6.07, 6.45) is 0. The van der Waals surface area contributed by atoms with Crippen LogP contribution in [0.2, 0.25) is 0 Å². The largest absolute Gasteiger partial charge is 0.310 e. The zero-order valence-electron chi connectivity index (χ0n) is 27.3. The van der Waals surface area contributed by atoms with E-state index in [0.717, 1.165) is 17.1 Å². The predicted molar refractivity (Wildman–Crippen MR) is 217 cm³/mol. The highest BCUT2D eigenvalue weighted by molar-refractivity contribution is 7.26. The molecule has 0 saturated carbocycles. The zero-order chi connectivity index (χ0) is 33.0. The molecule has 0 saturated heterocycles. The maximum atomic E-state index is 2.44. The first-order valence-corrected chi connectivity index (χ1v) is 17.9. The number of thiophene rings is 1. The van der Waals surface area contributed by atoms with Crippen molar-refractivity contribution in [2.45, 2.75) is 0 Å². The summed E-state index contributed by atoms with van der Waals surface area (Å²) in [6.45, 7) is 0. The van der Waals surface area contributed by atoms with Gasteiger partial charge >= 0.3 is 0 Å². The SMILES string of the molecule is c1ccc(-c2cccc(N(c3ccc(-c4cccc5c4sc4ccccc45)cc3)c3cc4c5ccccc5ccc4c4ccccc34)c2)cc1. The van der Waals surface area contributed by atoms with Crippen LogP contribution in [-0.2, 0) is 0 Å². The standard InChI is InChI=1S/C48H31NS/c1-2-12-32(13-3-1)35-15-10-16-37(30-35)49(46-31-45-38-17-5-4-14-33(38)26-29-41(45)40-18-6-7-19-42(40)46)36-27-24-34(25-28-36)39-21-11-22-44-43-20-8-9-23-47(43)50-48(39)44/h1-31H. The molecule has 0 amide bonds. The lowest BCUT2D eigenvalue weighted by molar-refractivity contribution is 1.30. The van der Waals surface area contributed by atoms with Crippen molar-refractivity contribution in [1.29, 1.82) is 0 Å². The molecule has 50 heavy (non-hydrogen) atoms. The monoisotopic (exact) mass is 653 g/mol. The van der Waals surface area contributed by atoms with Gasteiger partial charge in [-0.05, 0) is 85.6 Å². The molecule has 1 aromatic heterocycles. The van der Waals surface area contributed by atoms with Crippen molar-refractivity contribution in [2.24, 2.45) is 0 Å². The average Bonchev–Trinajstić information content (AvgIpc) is 3.58. The second kappa shape index (κ2) is 11.7. The van der Waals surface area contributed by atoms with E-state index in [-0.39, 0.29) is 0 Å². The van der Waals surface area contributed by atoms with Gasteiger partial charge in [-0.25, -0.2) is 0 Å². The van der Waals surface area contributed by atoms with Crippen LogP contribution < -0.4 is 4.90 Å². The Bertz CT molecular complexity index is 2870. The molecule has 0 atom stereocenters. The molecule has 1 nitrogen and oxygen atoms in total. The maximum absolute atomic E-state index is 2.44. The lowest BCUT2D eigenvalue weighted by atomic mass is 9.95. The molecule has 0 fully saturated rings. The number of hydrogen-bond acceptors (Lipinski definition) is 2. The van der Waals surface area contributed by atoms with E-state index in [1.54, 1.807) is 0 Å². The third kappa shape index (κ3) is 4.69. The topological polar surface area (TPSA) is 3.24 Å². The summed E-state index contributed by atoms with van der Waals surface area (Å²) in [4.78, 5) is 2.44. The maximum Gasteiger partial charge on any atom is 0.0546 e. The molecule has 2 heteroatoms. The van der Waals surface area contributed by atoms with Crippen molar-refractivity contribution in [3.63, 3.8) is 0 Å². The number of nitrogens with zero attached hydrogens (tertiary/aromatic N) is 1. The van der Waals surface area contributed by atoms with Crippen LogP contribution >= 0.6 is 11.3 Å². The smallest absolute Gasteiger partial charge is 0.0546 e. The Morgan fingerprint density at radius 1 is 0.340 bits per heavy atom. The summed E-state index contributed by atoms with van der Waals surface area (Å²) in [5, 5.41) is 10.2. The normalized spacial score (nSPS) is 11.6. The number of hydrogen-bond donors (Lipinski definition) is 0. The Kier molecular flexibility index (Phi) is 6.75. The molecule has 0 radical (unpaired) electrons. The third-order valence-electron chi connectivity index (χ3n) is 10.0. The number of anilines is 3. The summed E-state index contributed by atoms with van der Waals surface area (Å²) in [5.41, 5.74) is 8.29. The Hall–Kier alpha value is -6.22. The minimum absolute atomic E-state index is 1.12. The van der Waals surface area contributed by atoms with E-state index in [4.69, 9.17) is 0 Å². The minimum Gasteiger partial charge on any atom is -0.310 e. The highest BCUT2D eigenvalue weighted by Crippen LogP contribution is 2.45. The van der Waals surface area contributed by atoms with Gasteiger partial charge in [-0.2, -0.15) is 0 Å². The molecule has 0 N–H and O–H groups in total. The van der Waals surface area contributed by atoms with Gasteiger partial charge in [0.1, 0.15) is 0 Å². The molecule has 234 valence electrons. The Morgan fingerprint density at radius 2 is 1.00 bits per heavy atom. The third-order valence-corrected chi connectivity index (χ3v) is 11.3. The van der Waals surface area contributed by atoms with Gasteiger partial charge in [0.05, 0.1) is 5.69 Å². The van der Waals surface area contributed by atoms with Crippen LogP contribution in [-0.4, -0.2) is 0 Å². The van der Waals surface area contributed by atoms with Crippen molar-refractivity contribution < 1.29 is 0 Å². The summed E-state index contributed by atoms with van der Waals surface area (Å²) in [5.74, 6) is 0. The van der Waals surface area contributed by atoms with Crippen LogP contribution in [0.3, 0.4) is 0 Å². The molecule has 10 aromatic rings. The lowest BCUT2D eigenvalue weighted by Gasteiger charge is -2.28. The first-order valence-electron chi connectivity index (χ1n) is 17.1. The van der Waals surface area contributed by atoms with Crippen LogP contribution in [0, 0.1) is 0 Å². The van der Waals surface area contributed by atoms with E-state index in [2.05, 4.69) is 193 Å². The molecule has 0 aliphatic carbocycles. The molecule has 10 rings (SSSR count). The zero-order valence-corrected chi connectivity index (χ0v) is 28.1. The Morgan fingerprint density at radius 3 is 1.86 bits per heavy atom. The Labute approximate surface area is 294 Å². The van der Waals surface area contributed by atoms with E-state index in [1.165, 1.54) is 74.7 Å². The van der Waals surface area contributed by atoms with E-state index >= 15 is 0 Å². The molecule has 9 aromatic carbocycles. The summed E-state index contributed by atoms with van der Waals surface area (Å²) >= 11 is 1.88. The molecule has 0 bridgehead atoms. The van der Waals surface area contributed by atoms with Gasteiger partial charge in [-0.15, -0.1) is 11.3 Å². The predicted octanol–water partition coefficient (Wildman–Crippen LogP) is 14.3. The van der Waals surface area contributed by atoms with Crippen molar-refractivity contribution in [3.8, 4) is 22.3 Å². The number of rotatable bonds is 5. The second-order valence-electron chi connectivity index (χ2n) is 12.9. The van der Waals surface area contributed by atoms with Gasteiger partial charge in [0.25, 0.3) is 0 Å². The molecule has 0 aliphatic rings. The van der Waals surface area contributed by atoms with E-state index in [0.29, 0.717) is 0 Å². The van der Waals surface area contributed by atoms with Crippen molar-refractivity contribution in [2.75, 3.05) is 4.90 Å². The van der Waals surface area contributed by atoms with Crippen LogP contribution in [0.1, 0.15) is 0 Å². The van der Waals surface area contributed by atoms with Crippen molar-refractivity contribution in [1.82, 2.24) is 0 Å². The number of fused-ring (bicyclic) bond motifs is 8. The average molecular weight is 654 g/mol. The minimum atomic E-state index is 1.12. The van der Waals surface area contributed by atoms with E-state index < -0.39 is 0 Å². The van der Waals surface area contributed by atoms with Crippen LogP contribution in [0.15, 0.2) is 188 Å². The summed E-state index contributed by atoms with van der Waals surface area (Å²) in [7, 11) is 0. The van der Waals surface area contributed by atoms with Gasteiger partial charge in [-0.1, -0.05) is 152 Å². The summed E-state index contributed by atoms with van der Waals surface area (Å²) < 4.78 is 2.66. The first kappa shape index (κ1) is 28.8. The quantitative estimate of drug-likeness (QED) is 0.167.